The Balaban J connectivity index is 1.69. The van der Waals surface area contributed by atoms with Gasteiger partial charge >= 0.3 is 0 Å². The lowest BCUT2D eigenvalue weighted by atomic mass is 10.1. The number of nitrogens with one attached hydrogen (secondary N) is 1. The molecule has 0 atom stereocenters. The Morgan fingerprint density at radius 2 is 1.94 bits per heavy atom. The van der Waals surface area contributed by atoms with E-state index < -0.39 is 0 Å². The van der Waals surface area contributed by atoms with Crippen LogP contribution >= 0.6 is 0 Å². The van der Waals surface area contributed by atoms with Crippen LogP contribution in [0.1, 0.15) is 16.7 Å². The zero-order chi connectivity index (χ0) is 10.8. The molecule has 16 heavy (non-hydrogen) atoms. The first kappa shape index (κ1) is 10.3. The van der Waals surface area contributed by atoms with Crippen LogP contribution in [0.2, 0.25) is 0 Å². The average molecular weight is 218 g/mol. The number of hydrogen-bond acceptors (Lipinski definition) is 3. The van der Waals surface area contributed by atoms with Crippen molar-refractivity contribution in [3.8, 4) is 0 Å². The molecule has 2 heterocycles. The molecule has 1 aromatic rings. The van der Waals surface area contributed by atoms with Crippen LogP contribution in [0.4, 0.5) is 0 Å². The van der Waals surface area contributed by atoms with Gasteiger partial charge in [0.2, 0.25) is 0 Å². The number of nitrogens with zero attached hydrogens (tertiary/aromatic N) is 1. The van der Waals surface area contributed by atoms with E-state index in [1.54, 1.807) is 0 Å². The largest absolute Gasteiger partial charge is 0.372 e. The van der Waals surface area contributed by atoms with Crippen LogP contribution in [0.15, 0.2) is 18.2 Å². The fourth-order valence-electron chi connectivity index (χ4n) is 2.45. The minimum absolute atomic E-state index is 0.795. The second kappa shape index (κ2) is 4.53. The van der Waals surface area contributed by atoms with E-state index in [0.717, 1.165) is 45.9 Å². The minimum Gasteiger partial charge on any atom is -0.372 e. The first-order valence-corrected chi connectivity index (χ1v) is 6.03. The Hall–Kier alpha value is -0.900. The Morgan fingerprint density at radius 3 is 2.81 bits per heavy atom. The Morgan fingerprint density at radius 1 is 1.12 bits per heavy atom. The van der Waals surface area contributed by atoms with E-state index in [-0.39, 0.29) is 0 Å². The summed E-state index contributed by atoms with van der Waals surface area (Å²) in [6.07, 6.45) is 0. The lowest BCUT2D eigenvalue weighted by molar-refractivity contribution is 0.134. The lowest BCUT2D eigenvalue weighted by Crippen LogP contribution is -2.42. The van der Waals surface area contributed by atoms with Crippen molar-refractivity contribution in [1.82, 2.24) is 10.2 Å². The Kier molecular flexibility index (Phi) is 2.91. The third kappa shape index (κ3) is 2.12. The molecule has 1 saturated heterocycles. The van der Waals surface area contributed by atoms with E-state index in [9.17, 15) is 0 Å². The number of benzene rings is 1. The zero-order valence-corrected chi connectivity index (χ0v) is 9.54. The first-order chi connectivity index (χ1) is 7.92. The van der Waals surface area contributed by atoms with Gasteiger partial charge in [-0.15, -0.1) is 0 Å². The van der Waals surface area contributed by atoms with Crippen molar-refractivity contribution in [2.24, 2.45) is 0 Å². The van der Waals surface area contributed by atoms with Gasteiger partial charge in [-0.1, -0.05) is 18.2 Å². The highest BCUT2D eigenvalue weighted by atomic mass is 16.5. The molecule has 0 radical (unpaired) electrons. The van der Waals surface area contributed by atoms with Crippen molar-refractivity contribution in [2.75, 3.05) is 26.2 Å². The molecule has 86 valence electrons. The van der Waals surface area contributed by atoms with Crippen molar-refractivity contribution in [3.05, 3.63) is 34.9 Å². The van der Waals surface area contributed by atoms with E-state index in [2.05, 4.69) is 28.4 Å². The minimum atomic E-state index is 0.795. The van der Waals surface area contributed by atoms with E-state index >= 15 is 0 Å². The number of hydrogen-bond donors (Lipinski definition) is 1. The summed E-state index contributed by atoms with van der Waals surface area (Å²) in [5.74, 6) is 0. The van der Waals surface area contributed by atoms with Crippen molar-refractivity contribution in [3.63, 3.8) is 0 Å². The van der Waals surface area contributed by atoms with Crippen molar-refractivity contribution in [2.45, 2.75) is 19.8 Å². The predicted molar refractivity (Wildman–Crippen MR) is 63.1 cm³/mol. The van der Waals surface area contributed by atoms with Gasteiger partial charge in [0, 0.05) is 32.7 Å². The van der Waals surface area contributed by atoms with Crippen LogP contribution in [0, 0.1) is 0 Å². The van der Waals surface area contributed by atoms with Gasteiger partial charge in [-0.3, -0.25) is 4.90 Å². The van der Waals surface area contributed by atoms with Gasteiger partial charge < -0.3 is 10.1 Å². The third-order valence-electron chi connectivity index (χ3n) is 3.40. The van der Waals surface area contributed by atoms with Gasteiger partial charge in [0.05, 0.1) is 13.2 Å². The van der Waals surface area contributed by atoms with Crippen LogP contribution in [0.3, 0.4) is 0 Å². The predicted octanol–water partition coefficient (Wildman–Crippen LogP) is 1.12. The fraction of sp³-hybridized carbons (Fsp3) is 0.538. The molecule has 0 amide bonds. The maximum atomic E-state index is 5.44. The summed E-state index contributed by atoms with van der Waals surface area (Å²) in [4.78, 5) is 2.51. The first-order valence-electron chi connectivity index (χ1n) is 6.03. The van der Waals surface area contributed by atoms with Gasteiger partial charge in [-0.25, -0.2) is 0 Å². The van der Waals surface area contributed by atoms with Gasteiger partial charge in [-0.2, -0.15) is 0 Å². The van der Waals surface area contributed by atoms with E-state index in [4.69, 9.17) is 4.74 Å². The summed E-state index contributed by atoms with van der Waals surface area (Å²) in [7, 11) is 0. The van der Waals surface area contributed by atoms with Crippen molar-refractivity contribution in [1.29, 1.82) is 0 Å². The molecule has 0 bridgehead atoms. The molecule has 0 unspecified atom stereocenters. The molecule has 0 saturated carbocycles. The highest BCUT2D eigenvalue weighted by Crippen LogP contribution is 2.21. The molecular weight excluding hydrogens is 200 g/mol. The highest BCUT2D eigenvalue weighted by Gasteiger charge is 2.13. The monoisotopic (exact) mass is 218 g/mol. The molecule has 0 aliphatic carbocycles. The van der Waals surface area contributed by atoms with E-state index in [1.807, 2.05) is 0 Å². The van der Waals surface area contributed by atoms with Crippen LogP contribution in [-0.4, -0.2) is 31.1 Å². The smallest absolute Gasteiger partial charge is 0.0725 e. The summed E-state index contributed by atoms with van der Waals surface area (Å²) in [6.45, 7) is 7.23. The topological polar surface area (TPSA) is 24.5 Å². The Labute approximate surface area is 96.4 Å². The van der Waals surface area contributed by atoms with Gasteiger partial charge in [0.25, 0.3) is 0 Å². The summed E-state index contributed by atoms with van der Waals surface area (Å²) >= 11 is 0. The second-order valence-corrected chi connectivity index (χ2v) is 4.62. The molecule has 3 nitrogen and oxygen atoms in total. The number of fused-ring (bicyclic) bond motifs is 1. The van der Waals surface area contributed by atoms with Gasteiger partial charge in [-0.05, 0) is 16.7 Å². The standard InChI is InChI=1S/C13H18N2O/c1-2-12-9-16-10-13(12)7-11(1)8-15-5-3-14-4-6-15/h1-2,7,14H,3-6,8-10H2. The number of ether oxygens (including phenoxy) is 1. The Bertz CT molecular complexity index is 372. The highest BCUT2D eigenvalue weighted by molar-refractivity contribution is 5.33. The van der Waals surface area contributed by atoms with Crippen LogP contribution in [-0.2, 0) is 24.5 Å². The summed E-state index contributed by atoms with van der Waals surface area (Å²) in [5.41, 5.74) is 4.17. The zero-order valence-electron chi connectivity index (χ0n) is 9.54. The normalized spacial score (nSPS) is 21.0. The molecular formula is C13H18N2O. The second-order valence-electron chi connectivity index (χ2n) is 4.62. The molecule has 1 aromatic carbocycles. The third-order valence-corrected chi connectivity index (χ3v) is 3.40. The number of piperazine rings is 1. The van der Waals surface area contributed by atoms with E-state index in [1.165, 1.54) is 16.7 Å². The quantitative estimate of drug-likeness (QED) is 0.805. The molecule has 2 aliphatic heterocycles. The molecule has 0 aromatic heterocycles. The molecule has 2 aliphatic rings. The lowest BCUT2D eigenvalue weighted by Gasteiger charge is -2.27. The molecule has 3 heteroatoms. The van der Waals surface area contributed by atoms with Crippen molar-refractivity contribution >= 4 is 0 Å². The average Bonchev–Trinajstić information content (AvgIpc) is 2.77. The van der Waals surface area contributed by atoms with Gasteiger partial charge in [0.1, 0.15) is 0 Å². The summed E-state index contributed by atoms with van der Waals surface area (Å²) < 4.78 is 5.44. The van der Waals surface area contributed by atoms with Crippen LogP contribution < -0.4 is 5.32 Å². The number of rotatable bonds is 2. The molecule has 1 N–H and O–H groups in total. The van der Waals surface area contributed by atoms with Crippen molar-refractivity contribution < 1.29 is 4.74 Å². The molecule has 1 fully saturated rings. The van der Waals surface area contributed by atoms with Crippen LogP contribution in [0.5, 0.6) is 0 Å². The van der Waals surface area contributed by atoms with E-state index in [0.29, 0.717) is 0 Å². The van der Waals surface area contributed by atoms with Gasteiger partial charge in [0.15, 0.2) is 0 Å². The summed E-state index contributed by atoms with van der Waals surface area (Å²) in [5, 5.41) is 3.38. The maximum absolute atomic E-state index is 5.44. The SMILES string of the molecule is c1cc2c(cc1CN1CCNCC1)COC2. The molecule has 3 rings (SSSR count). The summed E-state index contributed by atoms with van der Waals surface area (Å²) in [6, 6.07) is 6.78. The fourth-order valence-corrected chi connectivity index (χ4v) is 2.45. The maximum Gasteiger partial charge on any atom is 0.0725 e. The van der Waals surface area contributed by atoms with Crippen LogP contribution in [0.25, 0.3) is 0 Å². The molecule has 0 spiro atoms.